The molecule has 4 nitrogen and oxygen atoms in total. The number of rotatable bonds is 5. The molecule has 0 spiro atoms. The number of carbonyl (C=O) groups is 1. The standard InChI is InChI=1S/C20H19F2N3OS2/c21-14-12-16(22)19-17(13-14)28-20(23-19)25-9-7-24(8-10-25)18(26)6-11-27-15-4-2-1-3-5-15/h1-5,12-13H,6-11H2. The summed E-state index contributed by atoms with van der Waals surface area (Å²) in [5.74, 6) is -0.321. The predicted octanol–water partition coefficient (Wildman–Crippen LogP) is 4.41. The summed E-state index contributed by atoms with van der Waals surface area (Å²) in [7, 11) is 0. The van der Waals surface area contributed by atoms with Gasteiger partial charge in [-0.05, 0) is 18.2 Å². The molecular weight excluding hydrogens is 400 g/mol. The molecule has 1 aromatic heterocycles. The summed E-state index contributed by atoms with van der Waals surface area (Å²) in [6.45, 7) is 2.51. The Labute approximate surface area is 170 Å². The second-order valence-corrected chi connectivity index (χ2v) is 8.69. The van der Waals surface area contributed by atoms with E-state index >= 15 is 0 Å². The van der Waals surface area contributed by atoms with E-state index in [-0.39, 0.29) is 11.4 Å². The number of anilines is 1. The lowest BCUT2D eigenvalue weighted by atomic mass is 10.3. The van der Waals surface area contributed by atoms with Gasteiger partial charge in [-0.25, -0.2) is 13.8 Å². The van der Waals surface area contributed by atoms with Crippen molar-refractivity contribution in [3.8, 4) is 0 Å². The predicted molar refractivity (Wildman–Crippen MR) is 110 cm³/mol. The molecule has 3 aromatic rings. The van der Waals surface area contributed by atoms with Gasteiger partial charge in [-0.2, -0.15) is 0 Å². The van der Waals surface area contributed by atoms with Gasteiger partial charge in [-0.15, -0.1) is 11.8 Å². The van der Waals surface area contributed by atoms with Gasteiger partial charge in [-0.3, -0.25) is 4.79 Å². The number of hydrogen-bond donors (Lipinski definition) is 0. The van der Waals surface area contributed by atoms with Crippen LogP contribution in [0.5, 0.6) is 0 Å². The highest BCUT2D eigenvalue weighted by Crippen LogP contribution is 2.31. The van der Waals surface area contributed by atoms with Crippen LogP contribution in [0.3, 0.4) is 0 Å². The van der Waals surface area contributed by atoms with Gasteiger partial charge in [0.15, 0.2) is 10.9 Å². The Hall–Kier alpha value is -2.19. The second-order valence-electron chi connectivity index (χ2n) is 6.51. The number of hydrogen-bond acceptors (Lipinski definition) is 5. The number of piperazine rings is 1. The van der Waals surface area contributed by atoms with E-state index in [0.29, 0.717) is 42.4 Å². The van der Waals surface area contributed by atoms with E-state index < -0.39 is 11.6 Å². The Morgan fingerprint density at radius 3 is 2.61 bits per heavy atom. The maximum absolute atomic E-state index is 13.9. The summed E-state index contributed by atoms with van der Waals surface area (Å²) in [5, 5.41) is 0.672. The Kier molecular flexibility index (Phi) is 5.77. The third-order valence-electron chi connectivity index (χ3n) is 4.63. The first-order valence-electron chi connectivity index (χ1n) is 9.06. The molecule has 2 heterocycles. The highest BCUT2D eigenvalue weighted by molar-refractivity contribution is 7.99. The summed E-state index contributed by atoms with van der Waals surface area (Å²) < 4.78 is 27.7. The Balaban J connectivity index is 1.30. The number of aromatic nitrogens is 1. The second kappa shape index (κ2) is 8.45. The molecule has 8 heteroatoms. The van der Waals surface area contributed by atoms with E-state index in [1.165, 1.54) is 22.3 Å². The highest BCUT2D eigenvalue weighted by atomic mass is 32.2. The number of thioether (sulfide) groups is 1. The van der Waals surface area contributed by atoms with Crippen LogP contribution in [-0.4, -0.2) is 47.7 Å². The number of fused-ring (bicyclic) bond motifs is 1. The lowest BCUT2D eigenvalue weighted by Crippen LogP contribution is -2.48. The molecular formula is C20H19F2N3OS2. The van der Waals surface area contributed by atoms with Crippen LogP contribution in [0.1, 0.15) is 6.42 Å². The number of amides is 1. The number of nitrogens with zero attached hydrogens (tertiary/aromatic N) is 3. The minimum absolute atomic E-state index is 0.153. The Morgan fingerprint density at radius 2 is 1.86 bits per heavy atom. The zero-order chi connectivity index (χ0) is 19.5. The number of benzene rings is 2. The van der Waals surface area contributed by atoms with E-state index in [0.717, 1.165) is 11.8 Å². The fraction of sp³-hybridized carbons (Fsp3) is 0.300. The van der Waals surface area contributed by atoms with Crippen molar-refractivity contribution in [1.29, 1.82) is 0 Å². The van der Waals surface area contributed by atoms with Gasteiger partial charge in [0.25, 0.3) is 0 Å². The summed E-state index contributed by atoms with van der Waals surface area (Å²) >= 11 is 2.96. The SMILES string of the molecule is O=C(CCSc1ccccc1)N1CCN(c2nc3c(F)cc(F)cc3s2)CC1. The molecule has 1 amide bonds. The zero-order valence-electron chi connectivity index (χ0n) is 15.1. The summed E-state index contributed by atoms with van der Waals surface area (Å²) in [6, 6.07) is 12.2. The van der Waals surface area contributed by atoms with Crippen LogP contribution in [-0.2, 0) is 4.79 Å². The molecule has 0 saturated carbocycles. The van der Waals surface area contributed by atoms with Gasteiger partial charge in [0, 0.05) is 49.3 Å². The molecule has 0 radical (unpaired) electrons. The van der Waals surface area contributed by atoms with E-state index in [4.69, 9.17) is 0 Å². The first-order valence-corrected chi connectivity index (χ1v) is 10.9. The van der Waals surface area contributed by atoms with E-state index in [9.17, 15) is 13.6 Å². The summed E-state index contributed by atoms with van der Waals surface area (Å²) in [4.78, 5) is 21.8. The van der Waals surface area contributed by atoms with Crippen molar-refractivity contribution in [2.45, 2.75) is 11.3 Å². The molecule has 2 aromatic carbocycles. The van der Waals surface area contributed by atoms with Crippen LogP contribution < -0.4 is 4.90 Å². The van der Waals surface area contributed by atoms with Crippen molar-refractivity contribution < 1.29 is 13.6 Å². The quantitative estimate of drug-likeness (QED) is 0.574. The molecule has 1 saturated heterocycles. The average Bonchev–Trinajstić information content (AvgIpc) is 3.13. The molecule has 1 aliphatic heterocycles. The van der Waals surface area contributed by atoms with Gasteiger partial charge < -0.3 is 9.80 Å². The lowest BCUT2D eigenvalue weighted by molar-refractivity contribution is -0.131. The fourth-order valence-corrected chi connectivity index (χ4v) is 5.08. The normalized spacial score (nSPS) is 14.6. The molecule has 0 unspecified atom stereocenters. The molecule has 146 valence electrons. The summed E-state index contributed by atoms with van der Waals surface area (Å²) in [6.07, 6.45) is 0.505. The van der Waals surface area contributed by atoms with Crippen molar-refractivity contribution in [2.75, 3.05) is 36.8 Å². The van der Waals surface area contributed by atoms with Crippen LogP contribution in [0.25, 0.3) is 10.2 Å². The molecule has 28 heavy (non-hydrogen) atoms. The zero-order valence-corrected chi connectivity index (χ0v) is 16.7. The number of thiazole rings is 1. The van der Waals surface area contributed by atoms with E-state index in [1.54, 1.807) is 11.8 Å². The van der Waals surface area contributed by atoms with E-state index in [1.807, 2.05) is 40.1 Å². The van der Waals surface area contributed by atoms with Crippen LogP contribution in [0.2, 0.25) is 0 Å². The highest BCUT2D eigenvalue weighted by Gasteiger charge is 2.23. The first kappa shape index (κ1) is 19.1. The molecule has 0 N–H and O–H groups in total. The van der Waals surface area contributed by atoms with Crippen LogP contribution in [0.4, 0.5) is 13.9 Å². The molecule has 0 atom stereocenters. The van der Waals surface area contributed by atoms with Gasteiger partial charge >= 0.3 is 0 Å². The van der Waals surface area contributed by atoms with Crippen molar-refractivity contribution in [3.63, 3.8) is 0 Å². The third-order valence-corrected chi connectivity index (χ3v) is 6.71. The minimum atomic E-state index is -0.637. The maximum atomic E-state index is 13.9. The van der Waals surface area contributed by atoms with Gasteiger partial charge in [0.2, 0.25) is 5.91 Å². The Bertz CT molecular complexity index is 972. The summed E-state index contributed by atoms with van der Waals surface area (Å²) in [5.41, 5.74) is 0.206. The van der Waals surface area contributed by atoms with Crippen molar-refractivity contribution in [2.24, 2.45) is 0 Å². The van der Waals surface area contributed by atoms with Crippen molar-refractivity contribution in [3.05, 3.63) is 54.1 Å². The fourth-order valence-electron chi connectivity index (χ4n) is 3.16. The van der Waals surface area contributed by atoms with Crippen LogP contribution >= 0.6 is 23.1 Å². The topological polar surface area (TPSA) is 36.4 Å². The Morgan fingerprint density at radius 1 is 1.11 bits per heavy atom. The number of halogens is 2. The molecule has 1 fully saturated rings. The van der Waals surface area contributed by atoms with Crippen LogP contribution in [0, 0.1) is 11.6 Å². The molecule has 1 aliphatic rings. The third kappa shape index (κ3) is 4.28. The minimum Gasteiger partial charge on any atom is -0.345 e. The largest absolute Gasteiger partial charge is 0.345 e. The monoisotopic (exact) mass is 419 g/mol. The maximum Gasteiger partial charge on any atom is 0.223 e. The van der Waals surface area contributed by atoms with Crippen LogP contribution in [0.15, 0.2) is 47.4 Å². The van der Waals surface area contributed by atoms with Gasteiger partial charge in [0.1, 0.15) is 11.3 Å². The van der Waals surface area contributed by atoms with Gasteiger partial charge in [0.05, 0.1) is 4.70 Å². The van der Waals surface area contributed by atoms with Gasteiger partial charge in [-0.1, -0.05) is 29.5 Å². The smallest absolute Gasteiger partial charge is 0.223 e. The molecule has 0 aliphatic carbocycles. The molecule has 0 bridgehead atoms. The molecule has 4 rings (SSSR count). The first-order chi connectivity index (χ1) is 13.6. The van der Waals surface area contributed by atoms with E-state index in [2.05, 4.69) is 4.98 Å². The van der Waals surface area contributed by atoms with Crippen molar-refractivity contribution in [1.82, 2.24) is 9.88 Å². The lowest BCUT2D eigenvalue weighted by Gasteiger charge is -2.34. The van der Waals surface area contributed by atoms with Crippen molar-refractivity contribution >= 4 is 44.4 Å². The number of carbonyl (C=O) groups excluding carboxylic acids is 1. The average molecular weight is 420 g/mol.